The van der Waals surface area contributed by atoms with Crippen LogP contribution in [0.5, 0.6) is 0 Å². The van der Waals surface area contributed by atoms with E-state index in [2.05, 4.69) is 5.32 Å². The van der Waals surface area contributed by atoms with E-state index in [0.717, 1.165) is 11.1 Å². The molecule has 0 radical (unpaired) electrons. The molecule has 0 heterocycles. The number of nitrogens with zero attached hydrogens (tertiary/aromatic N) is 1. The van der Waals surface area contributed by atoms with Crippen molar-refractivity contribution >= 4 is 35.0 Å². The van der Waals surface area contributed by atoms with Crippen LogP contribution in [-0.2, 0) is 16.1 Å². The van der Waals surface area contributed by atoms with E-state index in [-0.39, 0.29) is 30.7 Å². The standard InChI is InChI=1S/C27H28Cl2N2O2/c1-3-30-27(33)19(2)31(18-23-24(28)15-10-16-25(23)29)26(32)17-22(20-11-6-4-7-12-20)21-13-8-5-9-14-21/h4-16,19,22H,3,17-18H2,1-2H3,(H,30,33)/t19-/m0/s1. The fourth-order valence-corrected chi connectivity index (χ4v) is 4.37. The predicted molar refractivity (Wildman–Crippen MR) is 135 cm³/mol. The molecule has 0 aliphatic heterocycles. The van der Waals surface area contributed by atoms with Crippen LogP contribution in [0.25, 0.3) is 0 Å². The summed E-state index contributed by atoms with van der Waals surface area (Å²) in [5, 5.41) is 3.74. The molecule has 1 N–H and O–H groups in total. The van der Waals surface area contributed by atoms with Crippen LogP contribution in [0.1, 0.15) is 42.9 Å². The molecule has 3 aromatic carbocycles. The lowest BCUT2D eigenvalue weighted by atomic mass is 9.88. The van der Waals surface area contributed by atoms with Gasteiger partial charge in [0.05, 0.1) is 0 Å². The molecule has 0 aliphatic rings. The van der Waals surface area contributed by atoms with Crippen LogP contribution in [0.3, 0.4) is 0 Å². The zero-order chi connectivity index (χ0) is 23.8. The Hall–Kier alpha value is -2.82. The van der Waals surface area contributed by atoms with Crippen LogP contribution in [0, 0.1) is 0 Å². The number of hydrogen-bond acceptors (Lipinski definition) is 2. The minimum atomic E-state index is -0.683. The summed E-state index contributed by atoms with van der Waals surface area (Å²) >= 11 is 12.8. The van der Waals surface area contributed by atoms with Gasteiger partial charge in [-0.2, -0.15) is 0 Å². The van der Waals surface area contributed by atoms with E-state index in [4.69, 9.17) is 23.2 Å². The number of amides is 2. The minimum absolute atomic E-state index is 0.145. The molecular weight excluding hydrogens is 455 g/mol. The maximum atomic E-state index is 13.7. The zero-order valence-corrected chi connectivity index (χ0v) is 20.3. The second kappa shape index (κ2) is 11.9. The van der Waals surface area contributed by atoms with Crippen molar-refractivity contribution < 1.29 is 9.59 Å². The van der Waals surface area contributed by atoms with Gasteiger partial charge in [0.25, 0.3) is 0 Å². The van der Waals surface area contributed by atoms with Gasteiger partial charge in [-0.15, -0.1) is 0 Å². The number of hydrogen-bond donors (Lipinski definition) is 1. The van der Waals surface area contributed by atoms with Crippen LogP contribution in [0.15, 0.2) is 78.9 Å². The average Bonchev–Trinajstić information content (AvgIpc) is 2.83. The summed E-state index contributed by atoms with van der Waals surface area (Å²) in [5.41, 5.74) is 2.71. The van der Waals surface area contributed by atoms with Crippen molar-refractivity contribution in [3.05, 3.63) is 106 Å². The number of halogens is 2. The molecule has 2 amide bonds. The van der Waals surface area contributed by atoms with Crippen LogP contribution >= 0.6 is 23.2 Å². The Morgan fingerprint density at radius 2 is 1.36 bits per heavy atom. The number of benzene rings is 3. The quantitative estimate of drug-likeness (QED) is 0.402. The second-order valence-corrected chi connectivity index (χ2v) is 8.68. The summed E-state index contributed by atoms with van der Waals surface area (Å²) in [6.07, 6.45) is 0.208. The smallest absolute Gasteiger partial charge is 0.242 e. The Labute approximate surface area is 205 Å². The molecule has 6 heteroatoms. The van der Waals surface area contributed by atoms with E-state index in [9.17, 15) is 9.59 Å². The van der Waals surface area contributed by atoms with Crippen LogP contribution in [-0.4, -0.2) is 29.3 Å². The van der Waals surface area contributed by atoms with Crippen molar-refractivity contribution in [2.45, 2.75) is 38.8 Å². The summed E-state index contributed by atoms with van der Waals surface area (Å²) in [6.45, 7) is 4.21. The van der Waals surface area contributed by atoms with Crippen molar-refractivity contribution in [3.8, 4) is 0 Å². The number of rotatable bonds is 9. The molecule has 0 spiro atoms. The van der Waals surface area contributed by atoms with E-state index in [1.54, 1.807) is 30.0 Å². The SMILES string of the molecule is CCNC(=O)[C@H](C)N(Cc1c(Cl)cccc1Cl)C(=O)CC(c1ccccc1)c1ccccc1. The van der Waals surface area contributed by atoms with Gasteiger partial charge >= 0.3 is 0 Å². The molecule has 3 rings (SSSR count). The van der Waals surface area contributed by atoms with E-state index in [0.29, 0.717) is 22.2 Å². The first kappa shape index (κ1) is 24.8. The van der Waals surface area contributed by atoms with Crippen molar-refractivity contribution in [1.82, 2.24) is 10.2 Å². The predicted octanol–water partition coefficient (Wildman–Crippen LogP) is 6.07. The Kier molecular flexibility index (Phi) is 8.93. The monoisotopic (exact) mass is 482 g/mol. The largest absolute Gasteiger partial charge is 0.355 e. The first-order valence-corrected chi connectivity index (χ1v) is 11.8. The lowest BCUT2D eigenvalue weighted by Gasteiger charge is -2.31. The highest BCUT2D eigenvalue weighted by molar-refractivity contribution is 6.36. The topological polar surface area (TPSA) is 49.4 Å². The Balaban J connectivity index is 1.96. The van der Waals surface area contributed by atoms with Gasteiger partial charge in [0.15, 0.2) is 0 Å². The van der Waals surface area contributed by atoms with Crippen molar-refractivity contribution in [2.24, 2.45) is 0 Å². The molecule has 3 aromatic rings. The van der Waals surface area contributed by atoms with Gasteiger partial charge in [0, 0.05) is 41.0 Å². The molecule has 172 valence electrons. The zero-order valence-electron chi connectivity index (χ0n) is 18.8. The lowest BCUT2D eigenvalue weighted by molar-refractivity contribution is -0.140. The molecule has 0 saturated heterocycles. The van der Waals surface area contributed by atoms with Crippen LogP contribution in [0.4, 0.5) is 0 Å². The average molecular weight is 483 g/mol. The highest BCUT2D eigenvalue weighted by Crippen LogP contribution is 2.31. The van der Waals surface area contributed by atoms with Crippen molar-refractivity contribution in [3.63, 3.8) is 0 Å². The fourth-order valence-electron chi connectivity index (χ4n) is 3.85. The van der Waals surface area contributed by atoms with Gasteiger partial charge in [0.2, 0.25) is 11.8 Å². The van der Waals surface area contributed by atoms with Gasteiger partial charge < -0.3 is 10.2 Å². The fraction of sp³-hybridized carbons (Fsp3) is 0.259. The molecule has 33 heavy (non-hydrogen) atoms. The summed E-state index contributed by atoms with van der Waals surface area (Å²) in [5.74, 6) is -0.516. The molecule has 0 aliphatic carbocycles. The molecule has 4 nitrogen and oxygen atoms in total. The highest BCUT2D eigenvalue weighted by atomic mass is 35.5. The first-order valence-electron chi connectivity index (χ1n) is 11.0. The summed E-state index contributed by atoms with van der Waals surface area (Å²) < 4.78 is 0. The number of carbonyl (C=O) groups is 2. The Morgan fingerprint density at radius 3 is 1.85 bits per heavy atom. The van der Waals surface area contributed by atoms with Crippen LogP contribution in [0.2, 0.25) is 10.0 Å². The molecule has 0 saturated carbocycles. The van der Waals surface area contributed by atoms with Gasteiger partial charge in [-0.1, -0.05) is 89.9 Å². The summed E-state index contributed by atoms with van der Waals surface area (Å²) in [4.78, 5) is 28.0. The Bertz CT molecular complexity index is 1010. The molecule has 0 fully saturated rings. The number of carbonyl (C=O) groups excluding carboxylic acids is 2. The third-order valence-electron chi connectivity index (χ3n) is 5.69. The number of likely N-dealkylation sites (N-methyl/N-ethyl adjacent to an activating group) is 1. The molecule has 0 aromatic heterocycles. The highest BCUT2D eigenvalue weighted by Gasteiger charge is 2.29. The van der Waals surface area contributed by atoms with E-state index < -0.39 is 6.04 Å². The van der Waals surface area contributed by atoms with Gasteiger partial charge in [-0.3, -0.25) is 9.59 Å². The van der Waals surface area contributed by atoms with Gasteiger partial charge in [-0.05, 0) is 37.1 Å². The first-order chi connectivity index (χ1) is 15.9. The normalized spacial score (nSPS) is 11.8. The molecule has 1 atom stereocenters. The van der Waals surface area contributed by atoms with E-state index in [1.165, 1.54) is 0 Å². The third kappa shape index (κ3) is 6.37. The number of nitrogens with one attached hydrogen (secondary N) is 1. The maximum Gasteiger partial charge on any atom is 0.242 e. The Morgan fingerprint density at radius 1 is 0.848 bits per heavy atom. The van der Waals surface area contributed by atoms with Gasteiger partial charge in [-0.25, -0.2) is 0 Å². The lowest BCUT2D eigenvalue weighted by Crippen LogP contribution is -2.48. The summed E-state index contributed by atoms with van der Waals surface area (Å²) in [7, 11) is 0. The molecule has 0 bridgehead atoms. The minimum Gasteiger partial charge on any atom is -0.355 e. The van der Waals surface area contributed by atoms with Gasteiger partial charge in [0.1, 0.15) is 6.04 Å². The maximum absolute atomic E-state index is 13.7. The second-order valence-electron chi connectivity index (χ2n) is 7.87. The van der Waals surface area contributed by atoms with Crippen molar-refractivity contribution in [1.29, 1.82) is 0 Å². The molecule has 0 unspecified atom stereocenters. The van der Waals surface area contributed by atoms with Crippen LogP contribution < -0.4 is 5.32 Å². The van der Waals surface area contributed by atoms with E-state index in [1.807, 2.05) is 67.6 Å². The molecular formula is C27H28Cl2N2O2. The third-order valence-corrected chi connectivity index (χ3v) is 6.40. The van der Waals surface area contributed by atoms with E-state index >= 15 is 0 Å². The summed E-state index contributed by atoms with van der Waals surface area (Å²) in [6, 6.07) is 24.4. The van der Waals surface area contributed by atoms with Crippen molar-refractivity contribution in [2.75, 3.05) is 6.54 Å².